The fourth-order valence-electron chi connectivity index (χ4n) is 2.67. The highest BCUT2D eigenvalue weighted by atomic mass is 16.5. The standard InChI is InChI=1S/C19H19N5O2/c1-26-15-4-2-3-13(8-15)16-9-17(24-23-16)19(25)22-14-10-20-18(21-11-14)7-12-5-6-12/h2-4,8-12H,5-7H2,1H3,(H,22,25)(H,23,24). The Bertz CT molecular complexity index is 916. The van der Waals surface area contributed by atoms with Gasteiger partial charge >= 0.3 is 0 Å². The Morgan fingerprint density at radius 2 is 2.08 bits per heavy atom. The van der Waals surface area contributed by atoms with Crippen molar-refractivity contribution in [3.8, 4) is 17.0 Å². The van der Waals surface area contributed by atoms with Crippen LogP contribution in [0.1, 0.15) is 29.2 Å². The Labute approximate surface area is 150 Å². The Kier molecular flexibility index (Phi) is 4.35. The van der Waals surface area contributed by atoms with E-state index < -0.39 is 0 Å². The number of aromatic amines is 1. The lowest BCUT2D eigenvalue weighted by Crippen LogP contribution is -2.13. The molecule has 2 heterocycles. The second-order valence-corrected chi connectivity index (χ2v) is 6.39. The van der Waals surface area contributed by atoms with Crippen LogP contribution in [0.2, 0.25) is 0 Å². The third-order valence-corrected chi connectivity index (χ3v) is 4.32. The zero-order chi connectivity index (χ0) is 17.9. The highest BCUT2D eigenvalue weighted by Crippen LogP contribution is 2.31. The van der Waals surface area contributed by atoms with Crippen molar-refractivity contribution in [2.45, 2.75) is 19.3 Å². The van der Waals surface area contributed by atoms with Gasteiger partial charge in [0.05, 0.1) is 30.9 Å². The van der Waals surface area contributed by atoms with Crippen molar-refractivity contribution in [1.29, 1.82) is 0 Å². The van der Waals surface area contributed by atoms with Gasteiger partial charge in [0.2, 0.25) is 0 Å². The number of ether oxygens (including phenoxy) is 1. The van der Waals surface area contributed by atoms with Gasteiger partial charge in [0.15, 0.2) is 0 Å². The van der Waals surface area contributed by atoms with Gasteiger partial charge in [-0.25, -0.2) is 9.97 Å². The number of carbonyl (C=O) groups is 1. The summed E-state index contributed by atoms with van der Waals surface area (Å²) >= 11 is 0. The van der Waals surface area contributed by atoms with E-state index in [-0.39, 0.29) is 5.91 Å². The Morgan fingerprint density at radius 1 is 1.27 bits per heavy atom. The molecule has 1 aliphatic carbocycles. The second-order valence-electron chi connectivity index (χ2n) is 6.39. The summed E-state index contributed by atoms with van der Waals surface area (Å²) in [4.78, 5) is 21.0. The fraction of sp³-hybridized carbons (Fsp3) is 0.263. The van der Waals surface area contributed by atoms with E-state index in [0.29, 0.717) is 17.1 Å². The number of rotatable bonds is 6. The largest absolute Gasteiger partial charge is 0.497 e. The number of benzene rings is 1. The first kappa shape index (κ1) is 16.3. The van der Waals surface area contributed by atoms with E-state index in [1.165, 1.54) is 12.8 Å². The molecule has 7 heteroatoms. The van der Waals surface area contributed by atoms with Gasteiger partial charge in [-0.1, -0.05) is 12.1 Å². The molecule has 1 amide bonds. The van der Waals surface area contributed by atoms with Crippen LogP contribution in [0.5, 0.6) is 5.75 Å². The minimum Gasteiger partial charge on any atom is -0.497 e. The lowest BCUT2D eigenvalue weighted by Gasteiger charge is -2.03. The molecule has 1 aromatic carbocycles. The number of amides is 1. The van der Waals surface area contributed by atoms with Crippen LogP contribution in [0.4, 0.5) is 5.69 Å². The van der Waals surface area contributed by atoms with Gasteiger partial charge in [0, 0.05) is 12.0 Å². The number of hydrogen-bond donors (Lipinski definition) is 2. The molecule has 0 radical (unpaired) electrons. The molecule has 0 atom stereocenters. The van der Waals surface area contributed by atoms with Crippen LogP contribution in [0.25, 0.3) is 11.3 Å². The monoisotopic (exact) mass is 349 g/mol. The van der Waals surface area contributed by atoms with Gasteiger partial charge in [-0.15, -0.1) is 0 Å². The topological polar surface area (TPSA) is 92.8 Å². The van der Waals surface area contributed by atoms with Crippen LogP contribution in [0, 0.1) is 5.92 Å². The van der Waals surface area contributed by atoms with Gasteiger partial charge in [-0.2, -0.15) is 5.10 Å². The van der Waals surface area contributed by atoms with Crippen molar-refractivity contribution in [3.63, 3.8) is 0 Å². The molecule has 26 heavy (non-hydrogen) atoms. The summed E-state index contributed by atoms with van der Waals surface area (Å²) < 4.78 is 5.22. The number of nitrogens with zero attached hydrogens (tertiary/aromatic N) is 3. The summed E-state index contributed by atoms with van der Waals surface area (Å²) in [6.07, 6.45) is 6.72. The van der Waals surface area contributed by atoms with Crippen LogP contribution >= 0.6 is 0 Å². The smallest absolute Gasteiger partial charge is 0.273 e. The summed E-state index contributed by atoms with van der Waals surface area (Å²) in [6.45, 7) is 0. The Morgan fingerprint density at radius 3 is 2.81 bits per heavy atom. The highest BCUT2D eigenvalue weighted by Gasteiger charge is 2.22. The molecule has 132 valence electrons. The zero-order valence-corrected chi connectivity index (χ0v) is 14.4. The number of hydrogen-bond acceptors (Lipinski definition) is 5. The fourth-order valence-corrected chi connectivity index (χ4v) is 2.67. The average molecular weight is 349 g/mol. The SMILES string of the molecule is COc1cccc(-c2cc(C(=O)Nc3cnc(CC4CC4)nc3)[nH]n2)c1. The van der Waals surface area contributed by atoms with Gasteiger partial charge in [-0.3, -0.25) is 9.89 Å². The van der Waals surface area contributed by atoms with E-state index in [4.69, 9.17) is 4.74 Å². The summed E-state index contributed by atoms with van der Waals surface area (Å²) in [5, 5.41) is 9.75. The second kappa shape index (κ2) is 6.95. The molecule has 2 aromatic heterocycles. The summed E-state index contributed by atoms with van der Waals surface area (Å²) in [5.41, 5.74) is 2.47. The molecule has 2 N–H and O–H groups in total. The summed E-state index contributed by atoms with van der Waals surface area (Å²) in [5.74, 6) is 2.01. The number of anilines is 1. The first-order chi connectivity index (χ1) is 12.7. The summed E-state index contributed by atoms with van der Waals surface area (Å²) in [7, 11) is 1.61. The van der Waals surface area contributed by atoms with Crippen molar-refractivity contribution < 1.29 is 9.53 Å². The van der Waals surface area contributed by atoms with Gasteiger partial charge in [-0.05, 0) is 37.0 Å². The maximum absolute atomic E-state index is 12.4. The third kappa shape index (κ3) is 3.72. The molecular formula is C19H19N5O2. The lowest BCUT2D eigenvalue weighted by atomic mass is 10.1. The Hall–Kier alpha value is -3.22. The Balaban J connectivity index is 1.44. The highest BCUT2D eigenvalue weighted by molar-refractivity contribution is 6.03. The van der Waals surface area contributed by atoms with Gasteiger partial charge < -0.3 is 10.1 Å². The number of carbonyl (C=O) groups excluding carboxylic acids is 1. The van der Waals surface area contributed by atoms with Crippen molar-refractivity contribution in [2.24, 2.45) is 5.92 Å². The zero-order valence-electron chi connectivity index (χ0n) is 14.4. The number of H-pyrrole nitrogens is 1. The van der Waals surface area contributed by atoms with E-state index in [2.05, 4.69) is 25.5 Å². The number of methoxy groups -OCH3 is 1. The predicted molar refractivity (Wildman–Crippen MR) is 97.0 cm³/mol. The van der Waals surface area contributed by atoms with E-state index >= 15 is 0 Å². The quantitative estimate of drug-likeness (QED) is 0.713. The molecule has 0 spiro atoms. The van der Waals surface area contributed by atoms with Crippen molar-refractivity contribution >= 4 is 11.6 Å². The normalized spacial score (nSPS) is 13.4. The third-order valence-electron chi connectivity index (χ3n) is 4.32. The van der Waals surface area contributed by atoms with Crippen molar-refractivity contribution in [2.75, 3.05) is 12.4 Å². The molecule has 1 saturated carbocycles. The van der Waals surface area contributed by atoms with Crippen molar-refractivity contribution in [3.05, 3.63) is 54.2 Å². The predicted octanol–water partition coefficient (Wildman–Crippen LogP) is 3.08. The molecular weight excluding hydrogens is 330 g/mol. The van der Waals surface area contributed by atoms with E-state index in [0.717, 1.165) is 29.5 Å². The lowest BCUT2D eigenvalue weighted by molar-refractivity contribution is 0.102. The number of nitrogens with one attached hydrogen (secondary N) is 2. The molecule has 0 unspecified atom stereocenters. The van der Waals surface area contributed by atoms with Crippen LogP contribution < -0.4 is 10.1 Å². The van der Waals surface area contributed by atoms with E-state index in [1.807, 2.05) is 24.3 Å². The molecule has 0 saturated heterocycles. The minimum atomic E-state index is -0.287. The van der Waals surface area contributed by atoms with Gasteiger partial charge in [0.25, 0.3) is 5.91 Å². The van der Waals surface area contributed by atoms with E-state index in [9.17, 15) is 4.79 Å². The van der Waals surface area contributed by atoms with Crippen molar-refractivity contribution in [1.82, 2.24) is 20.2 Å². The molecule has 7 nitrogen and oxygen atoms in total. The molecule has 0 bridgehead atoms. The van der Waals surface area contributed by atoms with E-state index in [1.54, 1.807) is 25.6 Å². The van der Waals surface area contributed by atoms with Crippen LogP contribution in [-0.2, 0) is 6.42 Å². The first-order valence-electron chi connectivity index (χ1n) is 8.53. The average Bonchev–Trinajstić information content (AvgIpc) is 3.34. The summed E-state index contributed by atoms with van der Waals surface area (Å²) in [6, 6.07) is 9.21. The van der Waals surface area contributed by atoms with Crippen LogP contribution in [-0.4, -0.2) is 33.2 Å². The molecule has 4 rings (SSSR count). The minimum absolute atomic E-state index is 0.287. The van der Waals surface area contributed by atoms with Crippen LogP contribution in [0.3, 0.4) is 0 Å². The maximum Gasteiger partial charge on any atom is 0.273 e. The first-order valence-corrected chi connectivity index (χ1v) is 8.53. The molecule has 3 aromatic rings. The molecule has 1 aliphatic rings. The molecule has 1 fully saturated rings. The molecule has 0 aliphatic heterocycles. The maximum atomic E-state index is 12.4. The van der Waals surface area contributed by atoms with Crippen LogP contribution in [0.15, 0.2) is 42.7 Å². The number of aromatic nitrogens is 4. The van der Waals surface area contributed by atoms with Gasteiger partial charge in [0.1, 0.15) is 17.3 Å².